The molecular weight excluding hydrogens is 301 g/mol. The number of hydrogen-bond donors (Lipinski definition) is 0. The Labute approximate surface area is 116 Å². The Morgan fingerprint density at radius 2 is 2.00 bits per heavy atom. The minimum atomic E-state index is -4.23. The second-order valence-corrected chi connectivity index (χ2v) is 4.75. The number of anilines is 1. The van der Waals surface area contributed by atoms with Gasteiger partial charge in [-0.2, -0.15) is 18.2 Å². The van der Waals surface area contributed by atoms with Crippen LogP contribution in [0.2, 0.25) is 5.28 Å². The van der Waals surface area contributed by atoms with E-state index in [4.69, 9.17) is 11.6 Å². The summed E-state index contributed by atoms with van der Waals surface area (Å²) < 4.78 is 37.7. The minimum absolute atomic E-state index is 0.0318. The van der Waals surface area contributed by atoms with Gasteiger partial charge in [0.1, 0.15) is 6.20 Å². The summed E-state index contributed by atoms with van der Waals surface area (Å²) in [4.78, 5) is 18.9. The van der Waals surface area contributed by atoms with E-state index in [1.807, 2.05) is 0 Å². The average molecular weight is 311 g/mol. The quantitative estimate of drug-likeness (QED) is 0.477. The molecule has 1 saturated heterocycles. The van der Waals surface area contributed by atoms with Gasteiger partial charge in [-0.1, -0.05) is 0 Å². The fourth-order valence-corrected chi connectivity index (χ4v) is 2.25. The summed E-state index contributed by atoms with van der Waals surface area (Å²) in [6.45, 7) is 0.0801. The molecule has 20 heavy (non-hydrogen) atoms. The molecule has 2 rings (SSSR count). The van der Waals surface area contributed by atoms with Crippen LogP contribution in [-0.4, -0.2) is 34.2 Å². The molecule has 0 unspecified atom stereocenters. The summed E-state index contributed by atoms with van der Waals surface area (Å²) >= 11 is 5.59. The minimum Gasteiger partial charge on any atom is -0.351 e. The molecule has 0 aliphatic carbocycles. The lowest BCUT2D eigenvalue weighted by atomic mass is 9.96. The van der Waals surface area contributed by atoms with Crippen molar-refractivity contribution < 1.29 is 18.1 Å². The van der Waals surface area contributed by atoms with Crippen molar-refractivity contribution in [3.63, 3.8) is 0 Å². The average Bonchev–Trinajstić information content (AvgIpc) is 2.37. The predicted octanol–water partition coefficient (Wildman–Crippen LogP) is 2.82. The number of rotatable bonds is 2. The number of alkyl halides is 3. The molecule has 0 bridgehead atoms. The van der Waals surface area contributed by atoms with Crippen molar-refractivity contribution in [1.82, 2.24) is 9.97 Å². The SMILES string of the molecule is O=[N+]([O-])c1cnc(Cl)nc1N1CCC(C(F)(F)F)CC1. The van der Waals surface area contributed by atoms with Gasteiger partial charge in [-0.3, -0.25) is 10.1 Å². The molecule has 0 radical (unpaired) electrons. The lowest BCUT2D eigenvalue weighted by molar-refractivity contribution is -0.384. The lowest BCUT2D eigenvalue weighted by Crippen LogP contribution is -2.39. The van der Waals surface area contributed by atoms with E-state index >= 15 is 0 Å². The molecule has 2 heterocycles. The van der Waals surface area contributed by atoms with Gasteiger partial charge in [0, 0.05) is 13.1 Å². The third-order valence-corrected chi connectivity index (χ3v) is 3.36. The topological polar surface area (TPSA) is 72.2 Å². The molecule has 0 saturated carbocycles. The van der Waals surface area contributed by atoms with Gasteiger partial charge in [0.05, 0.1) is 10.8 Å². The standard InChI is InChI=1S/C10H10ClF3N4O2/c11-9-15-5-7(18(19)20)8(16-9)17-3-1-6(2-4-17)10(12,13)14/h5-6H,1-4H2. The summed E-state index contributed by atoms with van der Waals surface area (Å²) in [5, 5.41) is 10.7. The number of hydrogen-bond acceptors (Lipinski definition) is 5. The maximum Gasteiger partial charge on any atom is 0.391 e. The monoisotopic (exact) mass is 310 g/mol. The van der Waals surface area contributed by atoms with Gasteiger partial charge in [0.25, 0.3) is 0 Å². The van der Waals surface area contributed by atoms with E-state index in [1.165, 1.54) is 4.90 Å². The number of piperidine rings is 1. The molecule has 0 amide bonds. The number of nitro groups is 1. The Hall–Kier alpha value is -1.64. The van der Waals surface area contributed by atoms with E-state index in [1.54, 1.807) is 0 Å². The number of aromatic nitrogens is 2. The first-order valence-corrected chi connectivity index (χ1v) is 6.15. The van der Waals surface area contributed by atoms with Crippen LogP contribution < -0.4 is 4.90 Å². The molecule has 1 aliphatic heterocycles. The van der Waals surface area contributed by atoms with Crippen molar-refractivity contribution in [3.05, 3.63) is 21.6 Å². The molecule has 10 heteroatoms. The molecule has 1 aliphatic rings. The van der Waals surface area contributed by atoms with E-state index in [-0.39, 0.29) is 42.7 Å². The van der Waals surface area contributed by atoms with E-state index < -0.39 is 17.0 Å². The molecule has 0 N–H and O–H groups in total. The summed E-state index contributed by atoms with van der Waals surface area (Å²) in [7, 11) is 0. The van der Waals surface area contributed by atoms with Crippen LogP contribution >= 0.6 is 11.6 Å². The zero-order valence-electron chi connectivity index (χ0n) is 10.1. The first-order chi connectivity index (χ1) is 9.29. The van der Waals surface area contributed by atoms with Crippen LogP contribution in [0.1, 0.15) is 12.8 Å². The van der Waals surface area contributed by atoms with Gasteiger partial charge in [-0.15, -0.1) is 0 Å². The molecule has 1 aromatic heterocycles. The lowest BCUT2D eigenvalue weighted by Gasteiger charge is -2.33. The van der Waals surface area contributed by atoms with Crippen LogP contribution in [-0.2, 0) is 0 Å². The van der Waals surface area contributed by atoms with Crippen LogP contribution in [0.3, 0.4) is 0 Å². The molecule has 1 fully saturated rings. The highest BCUT2D eigenvalue weighted by atomic mass is 35.5. The Bertz CT molecular complexity index is 518. The predicted molar refractivity (Wildman–Crippen MR) is 64.7 cm³/mol. The second-order valence-electron chi connectivity index (χ2n) is 4.41. The van der Waals surface area contributed by atoms with E-state index in [0.29, 0.717) is 0 Å². The van der Waals surface area contributed by atoms with Crippen LogP contribution in [0.15, 0.2) is 6.20 Å². The first kappa shape index (κ1) is 14.8. The van der Waals surface area contributed by atoms with Gasteiger partial charge in [0.2, 0.25) is 11.1 Å². The third-order valence-electron chi connectivity index (χ3n) is 3.17. The summed E-state index contributed by atoms with van der Waals surface area (Å²) in [6, 6.07) is 0. The van der Waals surface area contributed by atoms with E-state index in [9.17, 15) is 23.3 Å². The Kier molecular flexibility index (Phi) is 3.98. The zero-order valence-corrected chi connectivity index (χ0v) is 10.9. The van der Waals surface area contributed by atoms with Gasteiger partial charge in [-0.05, 0) is 24.4 Å². The zero-order chi connectivity index (χ0) is 14.9. The molecular formula is C10H10ClF3N4O2. The van der Waals surface area contributed by atoms with Crippen LogP contribution in [0.4, 0.5) is 24.7 Å². The number of halogens is 4. The van der Waals surface area contributed by atoms with Crippen molar-refractivity contribution in [2.75, 3.05) is 18.0 Å². The number of nitrogens with zero attached hydrogens (tertiary/aromatic N) is 4. The fourth-order valence-electron chi connectivity index (χ4n) is 2.13. The Balaban J connectivity index is 2.18. The molecule has 0 atom stereocenters. The highest BCUT2D eigenvalue weighted by molar-refractivity contribution is 6.28. The van der Waals surface area contributed by atoms with Crippen molar-refractivity contribution in [2.45, 2.75) is 19.0 Å². The third kappa shape index (κ3) is 3.09. The molecule has 110 valence electrons. The van der Waals surface area contributed by atoms with E-state index in [2.05, 4.69) is 9.97 Å². The molecule has 6 nitrogen and oxygen atoms in total. The smallest absolute Gasteiger partial charge is 0.351 e. The first-order valence-electron chi connectivity index (χ1n) is 5.77. The van der Waals surface area contributed by atoms with Crippen LogP contribution in [0.5, 0.6) is 0 Å². The van der Waals surface area contributed by atoms with Gasteiger partial charge in [0.15, 0.2) is 0 Å². The summed E-state index contributed by atoms with van der Waals surface area (Å²) in [6.07, 6.45) is -3.52. The highest BCUT2D eigenvalue weighted by Gasteiger charge is 2.42. The van der Waals surface area contributed by atoms with Gasteiger partial charge in [-0.25, -0.2) is 4.98 Å². The van der Waals surface area contributed by atoms with Crippen molar-refractivity contribution in [3.8, 4) is 0 Å². The molecule has 0 spiro atoms. The maximum absolute atomic E-state index is 12.6. The maximum atomic E-state index is 12.6. The largest absolute Gasteiger partial charge is 0.391 e. The highest BCUT2D eigenvalue weighted by Crippen LogP contribution is 2.36. The van der Waals surface area contributed by atoms with Crippen molar-refractivity contribution in [1.29, 1.82) is 0 Å². The molecule has 0 aromatic carbocycles. The Morgan fingerprint density at radius 1 is 1.40 bits per heavy atom. The van der Waals surface area contributed by atoms with Crippen molar-refractivity contribution >= 4 is 23.1 Å². The molecule has 1 aromatic rings. The summed E-state index contributed by atoms with van der Waals surface area (Å²) in [5.74, 6) is -1.41. The van der Waals surface area contributed by atoms with Crippen LogP contribution in [0, 0.1) is 16.0 Å². The second kappa shape index (κ2) is 5.39. The van der Waals surface area contributed by atoms with Crippen LogP contribution in [0.25, 0.3) is 0 Å². The van der Waals surface area contributed by atoms with Gasteiger partial charge >= 0.3 is 11.9 Å². The van der Waals surface area contributed by atoms with Gasteiger partial charge < -0.3 is 4.90 Å². The normalized spacial score (nSPS) is 17.3. The Morgan fingerprint density at radius 3 is 2.50 bits per heavy atom. The fraction of sp³-hybridized carbons (Fsp3) is 0.600. The van der Waals surface area contributed by atoms with E-state index in [0.717, 1.165) is 6.20 Å². The summed E-state index contributed by atoms with van der Waals surface area (Å²) in [5.41, 5.74) is -0.361. The van der Waals surface area contributed by atoms with Crippen molar-refractivity contribution in [2.24, 2.45) is 5.92 Å².